The van der Waals surface area contributed by atoms with Crippen LogP contribution >= 0.6 is 0 Å². The third-order valence-corrected chi connectivity index (χ3v) is 2.37. The molecule has 1 aliphatic rings. The van der Waals surface area contributed by atoms with Crippen molar-refractivity contribution in [1.29, 1.82) is 0 Å². The van der Waals surface area contributed by atoms with Crippen molar-refractivity contribution in [1.82, 2.24) is 0 Å². The molecule has 0 spiro atoms. The van der Waals surface area contributed by atoms with E-state index in [1.54, 1.807) is 11.9 Å². The van der Waals surface area contributed by atoms with Gasteiger partial charge in [-0.15, -0.1) is 0 Å². The summed E-state index contributed by atoms with van der Waals surface area (Å²) in [6.07, 6.45) is 0.433. The van der Waals surface area contributed by atoms with Crippen LogP contribution in [0.5, 0.6) is 0 Å². The summed E-state index contributed by atoms with van der Waals surface area (Å²) in [5, 5.41) is 11.7. The number of anilines is 2. The number of aliphatic hydroxyl groups is 1. The van der Waals surface area contributed by atoms with E-state index in [1.165, 1.54) is 0 Å². The molecule has 0 bridgehead atoms. The number of hydrogen-bond acceptors (Lipinski definition) is 3. The first-order valence-corrected chi connectivity index (χ1v) is 4.45. The summed E-state index contributed by atoms with van der Waals surface area (Å²) in [6, 6.07) is 5.66. The van der Waals surface area contributed by atoms with E-state index in [2.05, 4.69) is 5.32 Å². The molecule has 0 aromatic heterocycles. The fourth-order valence-electron chi connectivity index (χ4n) is 1.53. The Balaban J connectivity index is 2.32. The Hall–Kier alpha value is -1.55. The van der Waals surface area contributed by atoms with Crippen LogP contribution in [0.25, 0.3) is 0 Å². The average molecular weight is 192 g/mol. The zero-order valence-corrected chi connectivity index (χ0v) is 7.95. The first-order valence-electron chi connectivity index (χ1n) is 4.45. The van der Waals surface area contributed by atoms with Gasteiger partial charge >= 0.3 is 0 Å². The van der Waals surface area contributed by atoms with Gasteiger partial charge in [-0.1, -0.05) is 0 Å². The highest BCUT2D eigenvalue weighted by molar-refractivity contribution is 5.99. The monoisotopic (exact) mass is 192 g/mol. The van der Waals surface area contributed by atoms with E-state index in [0.29, 0.717) is 6.42 Å². The van der Waals surface area contributed by atoms with Crippen molar-refractivity contribution in [3.63, 3.8) is 0 Å². The largest absolute Gasteiger partial charge is 0.376 e. The predicted molar refractivity (Wildman–Crippen MR) is 54.3 cm³/mol. The Morgan fingerprint density at radius 1 is 1.57 bits per heavy atom. The number of benzene rings is 1. The van der Waals surface area contributed by atoms with Crippen LogP contribution in [0.1, 0.15) is 5.56 Å². The minimum Gasteiger partial charge on any atom is -0.376 e. The molecule has 74 valence electrons. The second-order valence-electron chi connectivity index (χ2n) is 3.41. The Morgan fingerprint density at radius 3 is 3.07 bits per heavy atom. The lowest BCUT2D eigenvalue weighted by atomic mass is 10.1. The maximum Gasteiger partial charge on any atom is 0.228 e. The number of carbonyl (C=O) groups excluding carboxylic acids is 1. The Kier molecular flexibility index (Phi) is 2.13. The lowest BCUT2D eigenvalue weighted by Crippen LogP contribution is -2.17. The summed E-state index contributed by atoms with van der Waals surface area (Å²) in [5.41, 5.74) is 2.79. The van der Waals surface area contributed by atoms with Gasteiger partial charge < -0.3 is 15.3 Å². The van der Waals surface area contributed by atoms with Crippen LogP contribution in [-0.2, 0) is 11.2 Å². The molecule has 0 radical (unpaired) electrons. The van der Waals surface area contributed by atoms with Crippen molar-refractivity contribution >= 4 is 17.3 Å². The summed E-state index contributed by atoms with van der Waals surface area (Å²) >= 11 is 0. The molecule has 1 aromatic rings. The number of hydrogen-bond donors (Lipinski definition) is 2. The van der Waals surface area contributed by atoms with Crippen molar-refractivity contribution < 1.29 is 9.90 Å². The molecule has 0 atom stereocenters. The van der Waals surface area contributed by atoms with E-state index in [9.17, 15) is 4.79 Å². The molecule has 0 saturated carbocycles. The van der Waals surface area contributed by atoms with Gasteiger partial charge in [-0.3, -0.25) is 4.79 Å². The van der Waals surface area contributed by atoms with Gasteiger partial charge in [0.15, 0.2) is 0 Å². The summed E-state index contributed by atoms with van der Waals surface area (Å²) in [4.78, 5) is 12.8. The quantitative estimate of drug-likeness (QED) is 0.673. The molecule has 1 heterocycles. The molecule has 1 aromatic carbocycles. The van der Waals surface area contributed by atoms with E-state index >= 15 is 0 Å². The molecule has 1 aliphatic heterocycles. The van der Waals surface area contributed by atoms with Gasteiger partial charge in [-0.2, -0.15) is 0 Å². The van der Waals surface area contributed by atoms with Crippen molar-refractivity contribution in [3.8, 4) is 0 Å². The fraction of sp³-hybridized carbons (Fsp3) is 0.300. The van der Waals surface area contributed by atoms with Crippen LogP contribution < -0.4 is 10.2 Å². The van der Waals surface area contributed by atoms with E-state index in [4.69, 9.17) is 5.11 Å². The van der Waals surface area contributed by atoms with Gasteiger partial charge in [0.2, 0.25) is 5.91 Å². The van der Waals surface area contributed by atoms with Gasteiger partial charge in [0.25, 0.3) is 0 Å². The van der Waals surface area contributed by atoms with E-state index < -0.39 is 0 Å². The minimum absolute atomic E-state index is 0.0276. The number of aliphatic hydroxyl groups excluding tert-OH is 1. The van der Waals surface area contributed by atoms with Crippen LogP contribution in [0, 0.1) is 0 Å². The first kappa shape index (κ1) is 9.02. The predicted octanol–water partition coefficient (Wildman–Crippen LogP) is 0.567. The second-order valence-corrected chi connectivity index (χ2v) is 3.41. The topological polar surface area (TPSA) is 52.6 Å². The highest BCUT2D eigenvalue weighted by Crippen LogP contribution is 2.27. The smallest absolute Gasteiger partial charge is 0.228 e. The van der Waals surface area contributed by atoms with E-state index in [-0.39, 0.29) is 12.6 Å². The number of rotatable bonds is 2. The fourth-order valence-corrected chi connectivity index (χ4v) is 1.53. The van der Waals surface area contributed by atoms with Crippen LogP contribution in [0.2, 0.25) is 0 Å². The van der Waals surface area contributed by atoms with Gasteiger partial charge in [0, 0.05) is 18.4 Å². The highest BCUT2D eigenvalue weighted by atomic mass is 16.3. The molecule has 0 unspecified atom stereocenters. The number of nitrogens with zero attached hydrogens (tertiary/aromatic N) is 1. The number of amides is 1. The lowest BCUT2D eigenvalue weighted by Gasteiger charge is -2.16. The Labute approximate surface area is 82.2 Å². The van der Waals surface area contributed by atoms with Gasteiger partial charge in [0.1, 0.15) is 6.73 Å². The van der Waals surface area contributed by atoms with Gasteiger partial charge in [-0.25, -0.2) is 0 Å². The second kappa shape index (κ2) is 3.31. The molecule has 0 saturated heterocycles. The van der Waals surface area contributed by atoms with Crippen LogP contribution in [0.3, 0.4) is 0 Å². The van der Waals surface area contributed by atoms with Crippen LogP contribution in [0.15, 0.2) is 18.2 Å². The number of fused-ring (bicyclic) bond motifs is 1. The summed E-state index contributed by atoms with van der Waals surface area (Å²) in [6.45, 7) is -0.0276. The van der Waals surface area contributed by atoms with Crippen LogP contribution in [0.4, 0.5) is 11.4 Å². The molecule has 1 amide bonds. The minimum atomic E-state index is -0.0276. The number of carbonyl (C=O) groups is 1. The normalized spacial score (nSPS) is 13.7. The maximum absolute atomic E-state index is 11.1. The lowest BCUT2D eigenvalue weighted by molar-refractivity contribution is -0.115. The van der Waals surface area contributed by atoms with Crippen molar-refractivity contribution in [3.05, 3.63) is 23.8 Å². The third-order valence-electron chi connectivity index (χ3n) is 2.37. The molecule has 2 rings (SSSR count). The van der Waals surface area contributed by atoms with Crippen LogP contribution in [-0.4, -0.2) is 24.8 Å². The van der Waals surface area contributed by atoms with E-state index in [0.717, 1.165) is 16.9 Å². The van der Waals surface area contributed by atoms with Crippen molar-refractivity contribution in [2.45, 2.75) is 6.42 Å². The molecular formula is C10H12N2O2. The SMILES string of the molecule is CN(CO)c1ccc2c(c1)CC(=O)N2. The Morgan fingerprint density at radius 2 is 2.36 bits per heavy atom. The van der Waals surface area contributed by atoms with Gasteiger partial charge in [0.05, 0.1) is 6.42 Å². The molecule has 2 N–H and O–H groups in total. The van der Waals surface area contributed by atoms with Crippen molar-refractivity contribution in [2.75, 3.05) is 24.0 Å². The van der Waals surface area contributed by atoms with Crippen molar-refractivity contribution in [2.24, 2.45) is 0 Å². The zero-order valence-electron chi connectivity index (χ0n) is 7.95. The van der Waals surface area contributed by atoms with E-state index in [1.807, 2.05) is 18.2 Å². The number of nitrogens with one attached hydrogen (secondary N) is 1. The molecule has 4 nitrogen and oxygen atoms in total. The Bertz CT molecular complexity index is 376. The molecule has 4 heteroatoms. The third kappa shape index (κ3) is 1.44. The zero-order chi connectivity index (χ0) is 10.1. The standard InChI is InChI=1S/C10H12N2O2/c1-12(6-13)8-2-3-9-7(4-8)5-10(14)11-9/h2-4,13H,5-6H2,1H3,(H,11,14). The molecule has 14 heavy (non-hydrogen) atoms. The summed E-state index contributed by atoms with van der Waals surface area (Å²) < 4.78 is 0. The first-order chi connectivity index (χ1) is 6.70. The maximum atomic E-state index is 11.1. The summed E-state index contributed by atoms with van der Waals surface area (Å²) in [5.74, 6) is 0.0313. The molecular weight excluding hydrogens is 180 g/mol. The average Bonchev–Trinajstić information content (AvgIpc) is 2.55. The highest BCUT2D eigenvalue weighted by Gasteiger charge is 2.17. The van der Waals surface area contributed by atoms with Gasteiger partial charge in [-0.05, 0) is 23.8 Å². The molecule has 0 fully saturated rings. The summed E-state index contributed by atoms with van der Waals surface area (Å²) in [7, 11) is 1.80. The molecule has 0 aliphatic carbocycles.